The van der Waals surface area contributed by atoms with E-state index in [-0.39, 0.29) is 16.7 Å². The molecule has 6 nitrogen and oxygen atoms in total. The predicted molar refractivity (Wildman–Crippen MR) is 123 cm³/mol. The molecule has 4 aliphatic carbocycles. The Hall–Kier alpha value is -2.25. The molecule has 4 saturated carbocycles. The highest BCUT2D eigenvalue weighted by Gasteiger charge is 2.51. The number of nitrogens with two attached hydrogens (primary N) is 1. The number of hydrogen-bond donors (Lipinski definition) is 2. The third-order valence-corrected chi connectivity index (χ3v) is 8.32. The molecule has 31 heavy (non-hydrogen) atoms. The van der Waals surface area contributed by atoms with Crippen molar-refractivity contribution in [1.29, 1.82) is 0 Å². The molecule has 0 heterocycles. The molecule has 4 fully saturated rings. The zero-order chi connectivity index (χ0) is 21.8. The predicted octanol–water partition coefficient (Wildman–Crippen LogP) is 5.54. The normalized spacial score (nSPS) is 28.5. The number of halogens is 1. The summed E-state index contributed by atoms with van der Waals surface area (Å²) in [7, 11) is 0. The third kappa shape index (κ3) is 3.68. The highest BCUT2D eigenvalue weighted by atomic mass is 79.9. The quantitative estimate of drug-likeness (QED) is 0.430. The van der Waals surface area contributed by atoms with Crippen molar-refractivity contribution in [3.63, 3.8) is 0 Å². The van der Waals surface area contributed by atoms with Crippen molar-refractivity contribution in [2.24, 2.45) is 23.5 Å². The number of nitro benzene ring substituents is 1. The largest absolute Gasteiger partial charge is 0.326 e. The first-order valence-electron chi connectivity index (χ1n) is 11.0. The number of non-ortho nitro benzene ring substituents is 1. The topological polar surface area (TPSA) is 98.3 Å². The van der Waals surface area contributed by atoms with Crippen LogP contribution in [0.15, 0.2) is 40.9 Å². The fraction of sp³-hybridized carbons (Fsp3) is 0.458. The zero-order valence-corrected chi connectivity index (χ0v) is 18.9. The average molecular weight is 484 g/mol. The molecule has 0 aliphatic heterocycles. The van der Waals surface area contributed by atoms with E-state index < -0.39 is 10.8 Å². The van der Waals surface area contributed by atoms with Gasteiger partial charge >= 0.3 is 0 Å². The smallest absolute Gasteiger partial charge is 0.270 e. The summed E-state index contributed by atoms with van der Waals surface area (Å²) in [6, 6.07) is 10.5. The van der Waals surface area contributed by atoms with E-state index in [9.17, 15) is 14.9 Å². The minimum Gasteiger partial charge on any atom is -0.326 e. The van der Waals surface area contributed by atoms with Gasteiger partial charge < -0.3 is 11.1 Å². The van der Waals surface area contributed by atoms with E-state index in [0.717, 1.165) is 23.3 Å². The summed E-state index contributed by atoms with van der Waals surface area (Å²) in [5, 5.41) is 14.0. The highest BCUT2D eigenvalue weighted by molar-refractivity contribution is 9.10. The SMILES string of the molecule is NCc1cc(C23CC4CC(CC(C4)C2)C3)ccc1NC(=O)c1cc([N+](=O)[O-])ccc1Br. The molecule has 4 aliphatic rings. The van der Waals surface area contributed by atoms with Crippen LogP contribution in [0.5, 0.6) is 0 Å². The van der Waals surface area contributed by atoms with Crippen LogP contribution in [-0.4, -0.2) is 10.8 Å². The second-order valence-corrected chi connectivity index (χ2v) is 10.5. The van der Waals surface area contributed by atoms with E-state index in [1.54, 1.807) is 0 Å². The molecule has 0 saturated heterocycles. The lowest BCUT2D eigenvalue weighted by Gasteiger charge is -2.57. The molecule has 1 amide bonds. The Balaban J connectivity index is 1.42. The van der Waals surface area contributed by atoms with Gasteiger partial charge in [0.25, 0.3) is 11.6 Å². The van der Waals surface area contributed by atoms with Gasteiger partial charge in [0, 0.05) is 28.8 Å². The summed E-state index contributed by atoms with van der Waals surface area (Å²) in [4.78, 5) is 23.5. The fourth-order valence-electron chi connectivity index (χ4n) is 6.67. The number of nitrogens with zero attached hydrogens (tertiary/aromatic N) is 1. The first kappa shape index (κ1) is 20.6. The molecular formula is C24H26BrN3O3. The minimum atomic E-state index is -0.505. The Morgan fingerprint density at radius 1 is 1.10 bits per heavy atom. The second-order valence-electron chi connectivity index (χ2n) is 9.65. The molecule has 162 valence electrons. The molecule has 0 radical (unpaired) electrons. The maximum atomic E-state index is 12.9. The summed E-state index contributed by atoms with van der Waals surface area (Å²) in [6.07, 6.45) is 8.01. The van der Waals surface area contributed by atoms with Crippen LogP contribution in [0.1, 0.15) is 60.0 Å². The third-order valence-electron chi connectivity index (χ3n) is 7.63. The van der Waals surface area contributed by atoms with Gasteiger partial charge in [-0.2, -0.15) is 0 Å². The van der Waals surface area contributed by atoms with Crippen molar-refractivity contribution < 1.29 is 9.72 Å². The van der Waals surface area contributed by atoms with Gasteiger partial charge in [-0.15, -0.1) is 0 Å². The van der Waals surface area contributed by atoms with Crippen molar-refractivity contribution in [2.75, 3.05) is 5.32 Å². The van der Waals surface area contributed by atoms with Gasteiger partial charge in [-0.1, -0.05) is 12.1 Å². The number of carbonyl (C=O) groups excluding carboxylic acids is 1. The second kappa shape index (κ2) is 7.71. The van der Waals surface area contributed by atoms with Crippen molar-refractivity contribution in [2.45, 2.75) is 50.5 Å². The number of carbonyl (C=O) groups is 1. The van der Waals surface area contributed by atoms with Crippen LogP contribution in [0.3, 0.4) is 0 Å². The molecule has 0 unspecified atom stereocenters. The maximum Gasteiger partial charge on any atom is 0.270 e. The summed E-state index contributed by atoms with van der Waals surface area (Å²) < 4.78 is 0.509. The van der Waals surface area contributed by atoms with Gasteiger partial charge in [0.1, 0.15) is 0 Å². The maximum absolute atomic E-state index is 12.9. The molecule has 2 aromatic rings. The number of nitrogens with one attached hydrogen (secondary N) is 1. The molecule has 0 atom stereocenters. The first-order chi connectivity index (χ1) is 14.9. The summed E-state index contributed by atoms with van der Waals surface area (Å²) in [5.74, 6) is 2.18. The molecule has 6 rings (SSSR count). The van der Waals surface area contributed by atoms with E-state index in [0.29, 0.717) is 16.7 Å². The van der Waals surface area contributed by atoms with Gasteiger partial charge in [0.05, 0.1) is 10.5 Å². The Morgan fingerprint density at radius 2 is 1.74 bits per heavy atom. The molecule has 2 aromatic carbocycles. The van der Waals surface area contributed by atoms with Gasteiger partial charge in [-0.3, -0.25) is 14.9 Å². The van der Waals surface area contributed by atoms with Crippen molar-refractivity contribution in [3.05, 3.63) is 67.7 Å². The van der Waals surface area contributed by atoms with Gasteiger partial charge in [-0.05, 0) is 101 Å². The van der Waals surface area contributed by atoms with E-state index in [4.69, 9.17) is 5.73 Å². The van der Waals surface area contributed by atoms with Crippen LogP contribution in [0.4, 0.5) is 11.4 Å². The molecule has 4 bridgehead atoms. The Morgan fingerprint density at radius 3 is 2.32 bits per heavy atom. The van der Waals surface area contributed by atoms with Crippen LogP contribution >= 0.6 is 15.9 Å². The zero-order valence-electron chi connectivity index (χ0n) is 17.3. The van der Waals surface area contributed by atoms with Crippen LogP contribution in [0, 0.1) is 27.9 Å². The molecular weight excluding hydrogens is 458 g/mol. The van der Waals surface area contributed by atoms with Crippen molar-refractivity contribution in [3.8, 4) is 0 Å². The van der Waals surface area contributed by atoms with E-state index >= 15 is 0 Å². The van der Waals surface area contributed by atoms with Gasteiger partial charge in [0.2, 0.25) is 0 Å². The molecule has 7 heteroatoms. The molecule has 0 spiro atoms. The van der Waals surface area contributed by atoms with Crippen LogP contribution in [-0.2, 0) is 12.0 Å². The van der Waals surface area contributed by atoms with E-state index in [2.05, 4.69) is 33.4 Å². The van der Waals surface area contributed by atoms with Crippen LogP contribution in [0.2, 0.25) is 0 Å². The van der Waals surface area contributed by atoms with Crippen molar-refractivity contribution in [1.82, 2.24) is 0 Å². The summed E-state index contributed by atoms with van der Waals surface area (Å²) in [6.45, 7) is 0.325. The Labute approximate surface area is 189 Å². The monoisotopic (exact) mass is 483 g/mol. The van der Waals surface area contributed by atoms with Gasteiger partial charge in [0.15, 0.2) is 0 Å². The number of anilines is 1. The number of benzene rings is 2. The number of hydrogen-bond acceptors (Lipinski definition) is 4. The Kier molecular flexibility index (Phi) is 5.13. The lowest BCUT2D eigenvalue weighted by atomic mass is 9.48. The lowest BCUT2D eigenvalue weighted by Crippen LogP contribution is -2.48. The first-order valence-corrected chi connectivity index (χ1v) is 11.7. The fourth-order valence-corrected chi connectivity index (χ4v) is 7.10. The highest BCUT2D eigenvalue weighted by Crippen LogP contribution is 2.60. The average Bonchev–Trinajstić information content (AvgIpc) is 2.73. The van der Waals surface area contributed by atoms with E-state index in [1.807, 2.05) is 6.07 Å². The molecule has 3 N–H and O–H groups in total. The lowest BCUT2D eigenvalue weighted by molar-refractivity contribution is -0.384. The van der Waals surface area contributed by atoms with Crippen molar-refractivity contribution >= 4 is 33.2 Å². The summed E-state index contributed by atoms with van der Waals surface area (Å²) in [5.41, 5.74) is 9.38. The number of nitro groups is 1. The number of rotatable bonds is 5. The number of amides is 1. The summed E-state index contributed by atoms with van der Waals surface area (Å²) >= 11 is 3.32. The van der Waals surface area contributed by atoms with Crippen LogP contribution < -0.4 is 11.1 Å². The standard InChI is InChI=1S/C24H26BrN3O3/c25-21-3-2-19(28(30)31)9-20(21)23(29)27-22-4-1-18(8-17(22)13-26)24-10-14-5-15(11-24)7-16(6-14)12-24/h1-4,8-9,14-16H,5-7,10-13,26H2,(H,27,29). The van der Waals surface area contributed by atoms with Gasteiger partial charge in [-0.25, -0.2) is 0 Å². The minimum absolute atomic E-state index is 0.121. The molecule has 0 aromatic heterocycles. The van der Waals surface area contributed by atoms with Crippen LogP contribution in [0.25, 0.3) is 0 Å². The van der Waals surface area contributed by atoms with E-state index in [1.165, 1.54) is 62.3 Å². The Bertz CT molecular complexity index is 1030.